The molecule has 0 aliphatic carbocycles. The van der Waals surface area contributed by atoms with E-state index in [1.54, 1.807) is 10.9 Å². The standard InChI is InChI=1S/C29H26N4O/c1-19-10-20(2)12-24(11-19)25-14-27(28(30-16-25)26-17-32-33(3)18-26)29(34)31-15-21-8-9-22-6-4-5-7-23(22)13-21/h4-14,16-18H,15H2,1-3H3,(H,31,34). The fraction of sp³-hybridized carbons (Fsp3) is 0.138. The van der Waals surface area contributed by atoms with E-state index >= 15 is 0 Å². The molecule has 0 bridgehead atoms. The molecule has 1 N–H and O–H groups in total. The SMILES string of the molecule is Cc1cc(C)cc(-c2cnc(-c3cnn(C)c3)c(C(=O)NCc3ccc4ccccc4c3)c2)c1. The molecule has 0 aliphatic heterocycles. The molecule has 2 heterocycles. The number of fused-ring (bicyclic) bond motifs is 1. The van der Waals surface area contributed by atoms with E-state index in [2.05, 4.69) is 72.8 Å². The van der Waals surface area contributed by atoms with E-state index in [0.717, 1.165) is 27.6 Å². The first kappa shape index (κ1) is 21.6. The Bertz CT molecular complexity index is 1500. The topological polar surface area (TPSA) is 59.8 Å². The first-order chi connectivity index (χ1) is 16.5. The Kier molecular flexibility index (Phi) is 5.68. The van der Waals surface area contributed by atoms with Crippen molar-refractivity contribution in [2.45, 2.75) is 20.4 Å². The number of rotatable bonds is 5. The highest BCUT2D eigenvalue weighted by Gasteiger charge is 2.17. The minimum absolute atomic E-state index is 0.161. The van der Waals surface area contributed by atoms with Crippen molar-refractivity contribution < 1.29 is 4.79 Å². The molecule has 5 rings (SSSR count). The number of carbonyl (C=O) groups is 1. The number of hydrogen-bond acceptors (Lipinski definition) is 3. The second-order valence-electron chi connectivity index (χ2n) is 8.76. The minimum atomic E-state index is -0.161. The van der Waals surface area contributed by atoms with E-state index < -0.39 is 0 Å². The quantitative estimate of drug-likeness (QED) is 0.368. The third-order valence-electron chi connectivity index (χ3n) is 5.93. The number of pyridine rings is 1. The van der Waals surface area contributed by atoms with Gasteiger partial charge in [-0.15, -0.1) is 0 Å². The van der Waals surface area contributed by atoms with Gasteiger partial charge in [-0.25, -0.2) is 0 Å². The van der Waals surface area contributed by atoms with Gasteiger partial charge in [0.2, 0.25) is 0 Å². The van der Waals surface area contributed by atoms with Crippen LogP contribution in [0.2, 0.25) is 0 Å². The molecule has 168 valence electrons. The van der Waals surface area contributed by atoms with Crippen LogP contribution in [-0.4, -0.2) is 20.7 Å². The third kappa shape index (κ3) is 4.46. The number of benzene rings is 3. The largest absolute Gasteiger partial charge is 0.348 e. The van der Waals surface area contributed by atoms with Crippen molar-refractivity contribution in [2.24, 2.45) is 7.05 Å². The first-order valence-corrected chi connectivity index (χ1v) is 11.3. The summed E-state index contributed by atoms with van der Waals surface area (Å²) in [6, 6.07) is 22.8. The molecule has 1 amide bonds. The molecule has 0 fully saturated rings. The molecule has 0 radical (unpaired) electrons. The molecule has 2 aromatic heterocycles. The Morgan fingerprint density at radius 1 is 0.853 bits per heavy atom. The Morgan fingerprint density at radius 3 is 2.35 bits per heavy atom. The molecule has 0 unspecified atom stereocenters. The Morgan fingerprint density at radius 2 is 1.62 bits per heavy atom. The summed E-state index contributed by atoms with van der Waals surface area (Å²) in [6.07, 6.45) is 5.44. The second kappa shape index (κ2) is 8.94. The Labute approximate surface area is 199 Å². The monoisotopic (exact) mass is 446 g/mol. The fourth-order valence-electron chi connectivity index (χ4n) is 4.34. The molecular weight excluding hydrogens is 420 g/mol. The minimum Gasteiger partial charge on any atom is -0.348 e. The lowest BCUT2D eigenvalue weighted by Gasteiger charge is -2.12. The number of aryl methyl sites for hydroxylation is 3. The van der Waals surface area contributed by atoms with Crippen LogP contribution in [-0.2, 0) is 13.6 Å². The van der Waals surface area contributed by atoms with Crippen LogP contribution in [0.4, 0.5) is 0 Å². The molecule has 5 nitrogen and oxygen atoms in total. The number of aromatic nitrogens is 3. The number of carbonyl (C=O) groups excluding carboxylic acids is 1. The molecule has 5 aromatic rings. The van der Waals surface area contributed by atoms with Crippen molar-refractivity contribution in [3.8, 4) is 22.4 Å². The zero-order valence-corrected chi connectivity index (χ0v) is 19.5. The van der Waals surface area contributed by atoms with E-state index in [-0.39, 0.29) is 5.91 Å². The highest BCUT2D eigenvalue weighted by molar-refractivity contribution is 6.01. The van der Waals surface area contributed by atoms with Gasteiger partial charge in [-0.1, -0.05) is 65.7 Å². The van der Waals surface area contributed by atoms with Gasteiger partial charge in [-0.05, 0) is 47.9 Å². The molecule has 0 saturated carbocycles. The maximum Gasteiger partial charge on any atom is 0.253 e. The first-order valence-electron chi connectivity index (χ1n) is 11.3. The summed E-state index contributed by atoms with van der Waals surface area (Å²) in [5, 5.41) is 9.70. The van der Waals surface area contributed by atoms with E-state index in [1.165, 1.54) is 16.5 Å². The zero-order valence-electron chi connectivity index (χ0n) is 19.5. The molecule has 0 spiro atoms. The van der Waals surface area contributed by atoms with Gasteiger partial charge in [-0.2, -0.15) is 5.10 Å². The van der Waals surface area contributed by atoms with E-state index in [1.807, 2.05) is 37.6 Å². The van der Waals surface area contributed by atoms with Crippen LogP contribution in [0.15, 0.2) is 85.3 Å². The van der Waals surface area contributed by atoms with Gasteiger partial charge in [0.1, 0.15) is 0 Å². The predicted octanol–water partition coefficient (Wildman–Crippen LogP) is 5.85. The van der Waals surface area contributed by atoms with Crippen molar-refractivity contribution in [3.63, 3.8) is 0 Å². The van der Waals surface area contributed by atoms with Gasteiger partial charge < -0.3 is 5.32 Å². The number of amides is 1. The summed E-state index contributed by atoms with van der Waals surface area (Å²) in [5.74, 6) is -0.161. The fourth-order valence-corrected chi connectivity index (χ4v) is 4.34. The summed E-state index contributed by atoms with van der Waals surface area (Å²) in [5.41, 5.74) is 7.32. The molecule has 0 aliphatic rings. The van der Waals surface area contributed by atoms with Crippen LogP contribution in [0, 0.1) is 13.8 Å². The van der Waals surface area contributed by atoms with Crippen LogP contribution >= 0.6 is 0 Å². The number of nitrogens with zero attached hydrogens (tertiary/aromatic N) is 3. The second-order valence-corrected chi connectivity index (χ2v) is 8.76. The molecule has 5 heteroatoms. The normalized spacial score (nSPS) is 11.0. The van der Waals surface area contributed by atoms with Crippen LogP contribution in [0.25, 0.3) is 33.2 Å². The maximum absolute atomic E-state index is 13.4. The number of hydrogen-bond donors (Lipinski definition) is 1. The Hall–Kier alpha value is -4.25. The predicted molar refractivity (Wildman–Crippen MR) is 136 cm³/mol. The van der Waals surface area contributed by atoms with Crippen molar-refractivity contribution in [3.05, 3.63) is 108 Å². The lowest BCUT2D eigenvalue weighted by atomic mass is 9.98. The van der Waals surface area contributed by atoms with Gasteiger partial charge in [-0.3, -0.25) is 14.5 Å². The van der Waals surface area contributed by atoms with Crippen LogP contribution in [0.1, 0.15) is 27.0 Å². The number of nitrogens with one attached hydrogen (secondary N) is 1. The summed E-state index contributed by atoms with van der Waals surface area (Å²) in [6.45, 7) is 4.58. The van der Waals surface area contributed by atoms with Gasteiger partial charge in [0.25, 0.3) is 5.91 Å². The highest BCUT2D eigenvalue weighted by Crippen LogP contribution is 2.28. The lowest BCUT2D eigenvalue weighted by molar-refractivity contribution is 0.0951. The summed E-state index contributed by atoms with van der Waals surface area (Å²) in [4.78, 5) is 18.1. The van der Waals surface area contributed by atoms with E-state index in [9.17, 15) is 4.79 Å². The van der Waals surface area contributed by atoms with Crippen LogP contribution in [0.3, 0.4) is 0 Å². The Balaban J connectivity index is 1.49. The average molecular weight is 447 g/mol. The van der Waals surface area contributed by atoms with Crippen molar-refractivity contribution in [1.29, 1.82) is 0 Å². The smallest absolute Gasteiger partial charge is 0.253 e. The third-order valence-corrected chi connectivity index (χ3v) is 5.93. The van der Waals surface area contributed by atoms with Gasteiger partial charge in [0.05, 0.1) is 17.5 Å². The van der Waals surface area contributed by atoms with Crippen LogP contribution < -0.4 is 5.32 Å². The summed E-state index contributed by atoms with van der Waals surface area (Å²) < 4.78 is 1.71. The maximum atomic E-state index is 13.4. The van der Waals surface area contributed by atoms with Crippen LogP contribution in [0.5, 0.6) is 0 Å². The summed E-state index contributed by atoms with van der Waals surface area (Å²) >= 11 is 0. The highest BCUT2D eigenvalue weighted by atomic mass is 16.1. The molecule has 3 aromatic carbocycles. The molecule has 0 saturated heterocycles. The van der Waals surface area contributed by atoms with Crippen molar-refractivity contribution in [1.82, 2.24) is 20.1 Å². The van der Waals surface area contributed by atoms with Crippen molar-refractivity contribution >= 4 is 16.7 Å². The van der Waals surface area contributed by atoms with Gasteiger partial charge in [0, 0.05) is 37.1 Å². The zero-order chi connectivity index (χ0) is 23.7. The van der Waals surface area contributed by atoms with Crippen molar-refractivity contribution in [2.75, 3.05) is 0 Å². The lowest BCUT2D eigenvalue weighted by Crippen LogP contribution is -2.23. The van der Waals surface area contributed by atoms with Gasteiger partial charge >= 0.3 is 0 Å². The van der Waals surface area contributed by atoms with Gasteiger partial charge in [0.15, 0.2) is 0 Å². The molecular formula is C29H26N4O. The summed E-state index contributed by atoms with van der Waals surface area (Å²) in [7, 11) is 1.85. The van der Waals surface area contributed by atoms with E-state index in [4.69, 9.17) is 4.98 Å². The molecule has 0 atom stereocenters. The average Bonchev–Trinajstić information content (AvgIpc) is 3.27. The molecule has 34 heavy (non-hydrogen) atoms. The van der Waals surface area contributed by atoms with E-state index in [0.29, 0.717) is 17.8 Å².